The van der Waals surface area contributed by atoms with Gasteiger partial charge in [0.1, 0.15) is 6.10 Å². The van der Waals surface area contributed by atoms with Crippen molar-refractivity contribution in [2.24, 2.45) is 0 Å². The predicted molar refractivity (Wildman–Crippen MR) is 64.6 cm³/mol. The van der Waals surface area contributed by atoms with Gasteiger partial charge in [0.2, 0.25) is 5.91 Å². The summed E-state index contributed by atoms with van der Waals surface area (Å²) in [5.74, 6) is 0.0908. The third-order valence-corrected chi connectivity index (χ3v) is 3.76. The van der Waals surface area contributed by atoms with E-state index >= 15 is 0 Å². The van der Waals surface area contributed by atoms with Crippen molar-refractivity contribution in [1.82, 2.24) is 5.32 Å². The second-order valence-electron chi connectivity index (χ2n) is 3.97. The van der Waals surface area contributed by atoms with Crippen LogP contribution in [0.4, 0.5) is 0 Å². The van der Waals surface area contributed by atoms with Crippen LogP contribution < -0.4 is 5.32 Å². The second-order valence-corrected chi connectivity index (χ2v) is 4.92. The molecule has 0 saturated carbocycles. The maximum Gasteiger partial charge on any atom is 0.222 e. The van der Waals surface area contributed by atoms with Gasteiger partial charge in [-0.25, -0.2) is 0 Å². The van der Waals surface area contributed by atoms with Crippen LogP contribution in [0, 0.1) is 0 Å². The Labute approximate surface area is 99.8 Å². The number of thiophene rings is 1. The van der Waals surface area contributed by atoms with E-state index in [4.69, 9.17) is 4.74 Å². The van der Waals surface area contributed by atoms with E-state index in [9.17, 15) is 4.79 Å². The zero-order chi connectivity index (χ0) is 11.4. The molecule has 0 aromatic carbocycles. The van der Waals surface area contributed by atoms with Gasteiger partial charge in [-0.05, 0) is 29.9 Å². The van der Waals surface area contributed by atoms with E-state index in [1.165, 1.54) is 10.4 Å². The number of ether oxygens (including phenoxy) is 1. The minimum Gasteiger partial charge on any atom is -0.372 e. The zero-order valence-corrected chi connectivity index (χ0v) is 10.3. The Morgan fingerprint density at radius 2 is 2.56 bits per heavy atom. The van der Waals surface area contributed by atoms with Crippen molar-refractivity contribution in [3.63, 3.8) is 0 Å². The molecular weight excluding hydrogens is 222 g/mol. The zero-order valence-electron chi connectivity index (χ0n) is 9.49. The van der Waals surface area contributed by atoms with E-state index in [0.29, 0.717) is 6.42 Å². The van der Waals surface area contributed by atoms with Gasteiger partial charge in [0, 0.05) is 11.4 Å². The van der Waals surface area contributed by atoms with E-state index in [-0.39, 0.29) is 12.0 Å². The van der Waals surface area contributed by atoms with Crippen LogP contribution in [0.25, 0.3) is 0 Å². The number of fused-ring (bicyclic) bond motifs is 1. The topological polar surface area (TPSA) is 38.3 Å². The fourth-order valence-corrected chi connectivity index (χ4v) is 2.88. The van der Waals surface area contributed by atoms with E-state index in [0.717, 1.165) is 26.0 Å². The molecule has 0 unspecified atom stereocenters. The number of nitrogens with one attached hydrogen (secondary N) is 1. The highest BCUT2D eigenvalue weighted by Gasteiger charge is 2.24. The maximum atomic E-state index is 11.6. The average molecular weight is 239 g/mol. The molecule has 2 heterocycles. The van der Waals surface area contributed by atoms with Crippen molar-refractivity contribution in [2.45, 2.75) is 32.3 Å². The number of carbonyl (C=O) groups is 1. The molecule has 0 aliphatic carbocycles. The fourth-order valence-electron chi connectivity index (χ4n) is 1.88. The summed E-state index contributed by atoms with van der Waals surface area (Å²) < 4.78 is 5.66. The lowest BCUT2D eigenvalue weighted by molar-refractivity contribution is -0.124. The van der Waals surface area contributed by atoms with Crippen LogP contribution >= 0.6 is 11.3 Å². The van der Waals surface area contributed by atoms with E-state index < -0.39 is 0 Å². The smallest absolute Gasteiger partial charge is 0.222 e. The van der Waals surface area contributed by atoms with Gasteiger partial charge in [-0.15, -0.1) is 11.3 Å². The molecule has 1 aliphatic rings. The molecular formula is C12H17NO2S. The third kappa shape index (κ3) is 2.62. The summed E-state index contributed by atoms with van der Waals surface area (Å²) in [6.07, 6.45) is 2.38. The molecule has 1 atom stereocenters. The summed E-state index contributed by atoms with van der Waals surface area (Å²) in [5.41, 5.74) is 1.35. The first-order chi connectivity index (χ1) is 7.81. The van der Waals surface area contributed by atoms with E-state index in [1.54, 1.807) is 11.3 Å². The Hall–Kier alpha value is -0.870. The highest BCUT2D eigenvalue weighted by Crippen LogP contribution is 2.33. The molecule has 16 heavy (non-hydrogen) atoms. The van der Waals surface area contributed by atoms with Gasteiger partial charge >= 0.3 is 0 Å². The minimum absolute atomic E-state index is 0.0272. The Morgan fingerprint density at radius 1 is 1.69 bits per heavy atom. The quantitative estimate of drug-likeness (QED) is 0.875. The van der Waals surface area contributed by atoms with E-state index in [1.807, 2.05) is 0 Å². The van der Waals surface area contributed by atoms with Gasteiger partial charge in [0.25, 0.3) is 0 Å². The normalized spacial score (nSPS) is 19.2. The highest BCUT2D eigenvalue weighted by molar-refractivity contribution is 7.10. The second kappa shape index (κ2) is 5.46. The van der Waals surface area contributed by atoms with Crippen LogP contribution in [0.15, 0.2) is 11.4 Å². The van der Waals surface area contributed by atoms with Gasteiger partial charge in [-0.2, -0.15) is 0 Å². The number of hydrogen-bond acceptors (Lipinski definition) is 3. The first kappa shape index (κ1) is 11.6. The lowest BCUT2D eigenvalue weighted by Crippen LogP contribution is -2.27. The molecule has 0 spiro atoms. The molecule has 3 nitrogen and oxygen atoms in total. The van der Waals surface area contributed by atoms with Crippen molar-refractivity contribution in [3.05, 3.63) is 21.9 Å². The van der Waals surface area contributed by atoms with Crippen LogP contribution in [0.3, 0.4) is 0 Å². The number of amides is 1. The standard InChI is InChI=1S/C12H17NO2S/c1-2-5-13-11(14)8-10-12-9(3-6-15-10)4-7-16-12/h4,7,10H,2-3,5-6,8H2,1H3,(H,13,14)/t10-/m1/s1. The lowest BCUT2D eigenvalue weighted by atomic mass is 10.1. The molecule has 1 aliphatic heterocycles. The Balaban J connectivity index is 1.94. The maximum absolute atomic E-state index is 11.6. The van der Waals surface area contributed by atoms with Crippen LogP contribution in [0.1, 0.15) is 36.3 Å². The summed E-state index contributed by atoms with van der Waals surface area (Å²) in [6.45, 7) is 3.53. The predicted octanol–water partition coefficient (Wildman–Crippen LogP) is 2.28. The number of carbonyl (C=O) groups excluding carboxylic acids is 1. The van der Waals surface area contributed by atoms with Crippen LogP contribution in [-0.4, -0.2) is 19.1 Å². The monoisotopic (exact) mass is 239 g/mol. The molecule has 1 N–H and O–H groups in total. The van der Waals surface area contributed by atoms with Gasteiger partial charge in [-0.3, -0.25) is 4.79 Å². The lowest BCUT2D eigenvalue weighted by Gasteiger charge is -2.22. The molecule has 0 radical (unpaired) electrons. The van der Waals surface area contributed by atoms with Gasteiger partial charge in [0.05, 0.1) is 13.0 Å². The van der Waals surface area contributed by atoms with Crippen molar-refractivity contribution in [3.8, 4) is 0 Å². The average Bonchev–Trinajstić information content (AvgIpc) is 2.75. The first-order valence-electron chi connectivity index (χ1n) is 5.76. The molecule has 4 heteroatoms. The largest absolute Gasteiger partial charge is 0.372 e. The van der Waals surface area contributed by atoms with Crippen LogP contribution in [-0.2, 0) is 16.0 Å². The molecule has 0 saturated heterocycles. The molecule has 1 aromatic heterocycles. The summed E-state index contributed by atoms with van der Waals surface area (Å²) in [6, 6.07) is 2.14. The molecule has 1 aromatic rings. The summed E-state index contributed by atoms with van der Waals surface area (Å²) in [4.78, 5) is 12.8. The molecule has 2 rings (SSSR count). The van der Waals surface area contributed by atoms with Crippen LogP contribution in [0.2, 0.25) is 0 Å². The third-order valence-electron chi connectivity index (χ3n) is 2.71. The van der Waals surface area contributed by atoms with Crippen LogP contribution in [0.5, 0.6) is 0 Å². The Bertz CT molecular complexity index is 362. The highest BCUT2D eigenvalue weighted by atomic mass is 32.1. The molecule has 1 amide bonds. The minimum atomic E-state index is -0.0272. The van der Waals surface area contributed by atoms with Crippen molar-refractivity contribution in [2.75, 3.05) is 13.2 Å². The summed E-state index contributed by atoms with van der Waals surface area (Å²) in [5, 5.41) is 4.97. The van der Waals surface area contributed by atoms with Gasteiger partial charge in [-0.1, -0.05) is 6.92 Å². The Morgan fingerprint density at radius 3 is 3.38 bits per heavy atom. The van der Waals surface area contributed by atoms with Crippen molar-refractivity contribution in [1.29, 1.82) is 0 Å². The molecule has 0 bridgehead atoms. The number of rotatable bonds is 4. The van der Waals surface area contributed by atoms with E-state index in [2.05, 4.69) is 23.7 Å². The Kier molecular flexibility index (Phi) is 3.96. The SMILES string of the molecule is CCCNC(=O)C[C@H]1OCCc2ccsc21. The number of hydrogen-bond donors (Lipinski definition) is 1. The fraction of sp³-hybridized carbons (Fsp3) is 0.583. The first-order valence-corrected chi connectivity index (χ1v) is 6.63. The summed E-state index contributed by atoms with van der Waals surface area (Å²) in [7, 11) is 0. The molecule has 88 valence electrons. The van der Waals surface area contributed by atoms with Crippen molar-refractivity contribution < 1.29 is 9.53 Å². The van der Waals surface area contributed by atoms with Gasteiger partial charge < -0.3 is 10.1 Å². The molecule has 0 fully saturated rings. The van der Waals surface area contributed by atoms with Gasteiger partial charge in [0.15, 0.2) is 0 Å². The van der Waals surface area contributed by atoms with Crippen molar-refractivity contribution >= 4 is 17.2 Å². The summed E-state index contributed by atoms with van der Waals surface area (Å²) >= 11 is 1.69.